The van der Waals surface area contributed by atoms with Gasteiger partial charge in [-0.05, 0) is 36.8 Å². The van der Waals surface area contributed by atoms with E-state index in [0.29, 0.717) is 22.0 Å². The summed E-state index contributed by atoms with van der Waals surface area (Å²) in [6.07, 6.45) is 0. The van der Waals surface area contributed by atoms with E-state index in [1.165, 1.54) is 0 Å². The van der Waals surface area contributed by atoms with Gasteiger partial charge in [-0.3, -0.25) is 4.79 Å². The molecule has 3 N–H and O–H groups in total. The Morgan fingerprint density at radius 1 is 1.16 bits per heavy atom. The van der Waals surface area contributed by atoms with Crippen LogP contribution in [0.2, 0.25) is 5.02 Å². The summed E-state index contributed by atoms with van der Waals surface area (Å²) in [6, 6.07) is 13.5. The fraction of sp³-hybridized carbons (Fsp3) is 0.111. The summed E-state index contributed by atoms with van der Waals surface area (Å²) in [4.78, 5) is 24.7. The number of halogens is 2. The zero-order valence-electron chi connectivity index (χ0n) is 13.3. The fourth-order valence-electron chi connectivity index (χ4n) is 2.65. The van der Waals surface area contributed by atoms with Crippen molar-refractivity contribution in [3.63, 3.8) is 0 Å². The van der Waals surface area contributed by atoms with E-state index in [9.17, 15) is 9.59 Å². The minimum atomic E-state index is -0.552. The summed E-state index contributed by atoms with van der Waals surface area (Å²) in [7, 11) is 0. The molecule has 0 aromatic heterocycles. The lowest BCUT2D eigenvalue weighted by Gasteiger charge is -2.28. The second kappa shape index (κ2) is 7.29. The first-order chi connectivity index (χ1) is 12.0. The Morgan fingerprint density at radius 2 is 1.84 bits per heavy atom. The van der Waals surface area contributed by atoms with Crippen LogP contribution in [0.4, 0.5) is 10.5 Å². The van der Waals surface area contributed by atoms with E-state index in [-0.39, 0.29) is 11.9 Å². The van der Waals surface area contributed by atoms with Crippen molar-refractivity contribution in [2.75, 3.05) is 5.32 Å². The first-order valence-corrected chi connectivity index (χ1v) is 8.72. The van der Waals surface area contributed by atoms with Crippen molar-refractivity contribution in [2.24, 2.45) is 0 Å². The summed E-state index contributed by atoms with van der Waals surface area (Å²) < 4.78 is 0.916. The van der Waals surface area contributed by atoms with Crippen LogP contribution in [0.25, 0.3) is 0 Å². The van der Waals surface area contributed by atoms with Gasteiger partial charge in [-0.15, -0.1) is 0 Å². The number of para-hydroxylation sites is 1. The zero-order chi connectivity index (χ0) is 18.0. The molecule has 1 atom stereocenters. The van der Waals surface area contributed by atoms with Gasteiger partial charge in [0, 0.05) is 10.2 Å². The maximum absolute atomic E-state index is 12.9. The van der Waals surface area contributed by atoms with E-state index in [0.717, 1.165) is 10.0 Å². The normalized spacial score (nSPS) is 16.9. The molecule has 5 nitrogen and oxygen atoms in total. The number of rotatable bonds is 3. The van der Waals surface area contributed by atoms with E-state index in [4.69, 9.17) is 11.6 Å². The van der Waals surface area contributed by atoms with Crippen LogP contribution in [-0.4, -0.2) is 11.9 Å². The average Bonchev–Trinajstić information content (AvgIpc) is 2.57. The van der Waals surface area contributed by atoms with Gasteiger partial charge in [-0.25, -0.2) is 4.79 Å². The Balaban J connectivity index is 1.96. The third-order valence-electron chi connectivity index (χ3n) is 3.84. The van der Waals surface area contributed by atoms with Gasteiger partial charge in [0.25, 0.3) is 5.91 Å². The number of amides is 3. The molecule has 0 fully saturated rings. The van der Waals surface area contributed by atoms with Crippen LogP contribution in [0.3, 0.4) is 0 Å². The lowest BCUT2D eigenvalue weighted by Crippen LogP contribution is -2.45. The van der Waals surface area contributed by atoms with Crippen LogP contribution in [0, 0.1) is 0 Å². The van der Waals surface area contributed by atoms with Crippen LogP contribution in [0.1, 0.15) is 18.5 Å². The van der Waals surface area contributed by atoms with Crippen LogP contribution < -0.4 is 16.0 Å². The number of hydrogen-bond donors (Lipinski definition) is 3. The third-order valence-corrected chi connectivity index (χ3v) is 4.70. The monoisotopic (exact) mass is 419 g/mol. The molecule has 3 amide bonds. The highest BCUT2D eigenvalue weighted by Crippen LogP contribution is 2.29. The van der Waals surface area contributed by atoms with Crippen LogP contribution in [-0.2, 0) is 4.79 Å². The molecule has 2 aromatic carbocycles. The van der Waals surface area contributed by atoms with Crippen molar-refractivity contribution in [3.05, 3.63) is 74.9 Å². The van der Waals surface area contributed by atoms with Crippen LogP contribution in [0.15, 0.2) is 64.3 Å². The van der Waals surface area contributed by atoms with Crippen molar-refractivity contribution < 1.29 is 9.59 Å². The van der Waals surface area contributed by atoms with Gasteiger partial charge in [-0.1, -0.05) is 51.8 Å². The van der Waals surface area contributed by atoms with Gasteiger partial charge in [0.1, 0.15) is 0 Å². The molecule has 0 aliphatic carbocycles. The largest absolute Gasteiger partial charge is 0.327 e. The number of hydrogen-bond acceptors (Lipinski definition) is 2. The Bertz CT molecular complexity index is 865. The molecular weight excluding hydrogens is 406 g/mol. The number of nitrogens with one attached hydrogen (secondary N) is 3. The topological polar surface area (TPSA) is 70.2 Å². The second-order valence-corrected chi connectivity index (χ2v) is 6.88. The van der Waals surface area contributed by atoms with Gasteiger partial charge in [0.15, 0.2) is 0 Å². The molecule has 3 rings (SSSR count). The Morgan fingerprint density at radius 3 is 2.52 bits per heavy atom. The van der Waals surface area contributed by atoms with E-state index in [1.807, 2.05) is 24.3 Å². The molecule has 0 radical (unpaired) electrons. The SMILES string of the molecule is CC1=C(C(=O)Nc2ccccc2Cl)[C@@H](c2ccc(Br)cc2)NC(=O)N1. The second-order valence-electron chi connectivity index (χ2n) is 5.56. The molecule has 1 aliphatic heterocycles. The average molecular weight is 421 g/mol. The highest BCUT2D eigenvalue weighted by Gasteiger charge is 2.31. The maximum atomic E-state index is 12.9. The summed E-state index contributed by atoms with van der Waals surface area (Å²) in [5.74, 6) is -0.328. The van der Waals surface area contributed by atoms with Gasteiger partial charge < -0.3 is 16.0 Å². The van der Waals surface area contributed by atoms with E-state index in [1.54, 1.807) is 31.2 Å². The first-order valence-electron chi connectivity index (χ1n) is 7.55. The highest BCUT2D eigenvalue weighted by atomic mass is 79.9. The number of urea groups is 1. The Labute approximate surface area is 158 Å². The maximum Gasteiger partial charge on any atom is 0.319 e. The van der Waals surface area contributed by atoms with E-state index >= 15 is 0 Å². The van der Waals surface area contributed by atoms with Crippen molar-refractivity contribution in [2.45, 2.75) is 13.0 Å². The molecule has 25 heavy (non-hydrogen) atoms. The molecule has 1 heterocycles. The summed E-state index contributed by atoms with van der Waals surface area (Å²) >= 11 is 9.50. The number of benzene rings is 2. The van der Waals surface area contributed by atoms with Crippen molar-refractivity contribution in [1.82, 2.24) is 10.6 Å². The molecule has 2 aromatic rings. The molecule has 0 spiro atoms. The van der Waals surface area contributed by atoms with Gasteiger partial charge in [0.05, 0.1) is 22.3 Å². The Hall–Kier alpha value is -2.31. The smallest absolute Gasteiger partial charge is 0.319 e. The molecular formula is C18H15BrClN3O2. The molecule has 7 heteroatoms. The van der Waals surface area contributed by atoms with E-state index in [2.05, 4.69) is 31.9 Å². The minimum absolute atomic E-state index is 0.328. The predicted molar refractivity (Wildman–Crippen MR) is 101 cm³/mol. The molecule has 0 unspecified atom stereocenters. The Kier molecular flexibility index (Phi) is 5.11. The highest BCUT2D eigenvalue weighted by molar-refractivity contribution is 9.10. The fourth-order valence-corrected chi connectivity index (χ4v) is 3.10. The summed E-state index contributed by atoms with van der Waals surface area (Å²) in [5, 5.41) is 8.70. The molecule has 0 bridgehead atoms. The molecule has 128 valence electrons. The van der Waals surface area contributed by atoms with Gasteiger partial charge >= 0.3 is 6.03 Å². The van der Waals surface area contributed by atoms with E-state index < -0.39 is 6.04 Å². The van der Waals surface area contributed by atoms with Crippen molar-refractivity contribution in [1.29, 1.82) is 0 Å². The number of allylic oxidation sites excluding steroid dienone is 1. The number of carbonyl (C=O) groups excluding carboxylic acids is 2. The third kappa shape index (κ3) is 3.86. The quantitative estimate of drug-likeness (QED) is 0.690. The predicted octanol–water partition coefficient (Wildman–Crippen LogP) is 4.37. The number of anilines is 1. The zero-order valence-corrected chi connectivity index (χ0v) is 15.6. The number of carbonyl (C=O) groups is 2. The minimum Gasteiger partial charge on any atom is -0.327 e. The van der Waals surface area contributed by atoms with Crippen molar-refractivity contribution >= 4 is 45.2 Å². The molecule has 0 saturated heterocycles. The van der Waals surface area contributed by atoms with Crippen LogP contribution >= 0.6 is 27.5 Å². The molecule has 1 aliphatic rings. The molecule has 0 saturated carbocycles. The lowest BCUT2D eigenvalue weighted by atomic mass is 9.95. The summed E-state index contributed by atoms with van der Waals surface area (Å²) in [5.41, 5.74) is 2.26. The summed E-state index contributed by atoms with van der Waals surface area (Å²) in [6.45, 7) is 1.70. The van der Waals surface area contributed by atoms with Gasteiger partial charge in [-0.2, -0.15) is 0 Å². The lowest BCUT2D eigenvalue weighted by molar-refractivity contribution is -0.113. The first kappa shape index (κ1) is 17.5. The van der Waals surface area contributed by atoms with Crippen molar-refractivity contribution in [3.8, 4) is 0 Å². The van der Waals surface area contributed by atoms with Crippen LogP contribution in [0.5, 0.6) is 0 Å². The van der Waals surface area contributed by atoms with Gasteiger partial charge in [0.2, 0.25) is 0 Å². The standard InChI is InChI=1S/C18H15BrClN3O2/c1-10-15(17(24)22-14-5-3-2-4-13(14)20)16(23-18(25)21-10)11-6-8-12(19)9-7-11/h2-9,16H,1H3,(H,22,24)(H2,21,23,25)/t16-/m1/s1.